The largest absolute Gasteiger partial charge is 0.497 e. The molecule has 0 aromatic heterocycles. The van der Waals surface area contributed by atoms with E-state index in [4.69, 9.17) is 14.2 Å². The Bertz CT molecular complexity index is 381. The molecule has 0 unspecified atom stereocenters. The minimum Gasteiger partial charge on any atom is -0.497 e. The van der Waals surface area contributed by atoms with E-state index in [-0.39, 0.29) is 6.10 Å². The summed E-state index contributed by atoms with van der Waals surface area (Å²) in [5.74, 6) is 1.68. The highest BCUT2D eigenvalue weighted by atomic mass is 16.5. The maximum Gasteiger partial charge on any atom is 0.124 e. The van der Waals surface area contributed by atoms with Crippen LogP contribution < -0.4 is 9.47 Å². The number of hydrogen-bond donors (Lipinski definition) is 0. The lowest BCUT2D eigenvalue weighted by Gasteiger charge is -2.31. The van der Waals surface area contributed by atoms with Crippen LogP contribution >= 0.6 is 0 Å². The lowest BCUT2D eigenvalue weighted by atomic mass is 10.1. The van der Waals surface area contributed by atoms with Crippen LogP contribution in [-0.4, -0.2) is 45.9 Å². The van der Waals surface area contributed by atoms with Gasteiger partial charge in [0.05, 0.1) is 26.9 Å². The topological polar surface area (TPSA) is 30.9 Å². The van der Waals surface area contributed by atoms with Crippen molar-refractivity contribution in [3.05, 3.63) is 23.8 Å². The average molecular weight is 237 g/mol. The molecule has 4 nitrogen and oxygen atoms in total. The second kappa shape index (κ2) is 5.38. The third kappa shape index (κ3) is 2.70. The van der Waals surface area contributed by atoms with Gasteiger partial charge in [0, 0.05) is 18.7 Å². The van der Waals surface area contributed by atoms with Crippen molar-refractivity contribution < 1.29 is 14.2 Å². The van der Waals surface area contributed by atoms with E-state index in [1.807, 2.05) is 18.2 Å². The van der Waals surface area contributed by atoms with Gasteiger partial charge in [0.2, 0.25) is 0 Å². The summed E-state index contributed by atoms with van der Waals surface area (Å²) in [5.41, 5.74) is 1.05. The summed E-state index contributed by atoms with van der Waals surface area (Å²) >= 11 is 0. The summed E-state index contributed by atoms with van der Waals surface area (Å²) in [6.45, 7) is 2.61. The Kier molecular flexibility index (Phi) is 3.86. The van der Waals surface area contributed by atoms with Gasteiger partial charge in [0.1, 0.15) is 11.5 Å². The van der Waals surface area contributed by atoms with Crippen molar-refractivity contribution in [2.75, 3.05) is 41.0 Å². The van der Waals surface area contributed by atoms with Crippen LogP contribution in [0.1, 0.15) is 11.7 Å². The molecule has 0 saturated carbocycles. The Morgan fingerprint density at radius 1 is 1.29 bits per heavy atom. The number of nitrogens with zero attached hydrogens (tertiary/aromatic N) is 1. The fourth-order valence-corrected chi connectivity index (χ4v) is 2.06. The molecule has 0 aliphatic carbocycles. The first kappa shape index (κ1) is 12.2. The number of benzene rings is 1. The summed E-state index contributed by atoms with van der Waals surface area (Å²) in [7, 11) is 5.44. The van der Waals surface area contributed by atoms with Crippen LogP contribution in [-0.2, 0) is 4.74 Å². The van der Waals surface area contributed by atoms with Crippen LogP contribution in [0, 0.1) is 0 Å². The molecule has 1 aliphatic heterocycles. The fraction of sp³-hybridized carbons (Fsp3) is 0.538. The molecule has 0 amide bonds. The predicted octanol–water partition coefficient (Wildman–Crippen LogP) is 1.71. The third-order valence-corrected chi connectivity index (χ3v) is 3.05. The minimum atomic E-state index is 0.0544. The van der Waals surface area contributed by atoms with E-state index in [1.165, 1.54) is 0 Å². The van der Waals surface area contributed by atoms with Gasteiger partial charge in [0.15, 0.2) is 0 Å². The summed E-state index contributed by atoms with van der Waals surface area (Å²) in [5, 5.41) is 0. The molecule has 1 heterocycles. The van der Waals surface area contributed by atoms with Gasteiger partial charge >= 0.3 is 0 Å². The lowest BCUT2D eigenvalue weighted by molar-refractivity contribution is -0.0220. The highest BCUT2D eigenvalue weighted by Crippen LogP contribution is 2.32. The van der Waals surface area contributed by atoms with Crippen LogP contribution in [0.3, 0.4) is 0 Å². The zero-order chi connectivity index (χ0) is 12.3. The molecule has 0 spiro atoms. The molecule has 1 aromatic rings. The van der Waals surface area contributed by atoms with Crippen LogP contribution in [0.2, 0.25) is 0 Å². The second-order valence-corrected chi connectivity index (χ2v) is 4.23. The summed E-state index contributed by atoms with van der Waals surface area (Å²) < 4.78 is 16.4. The maximum absolute atomic E-state index is 5.80. The van der Waals surface area contributed by atoms with E-state index in [9.17, 15) is 0 Å². The van der Waals surface area contributed by atoms with Crippen LogP contribution in [0.4, 0.5) is 0 Å². The normalized spacial score (nSPS) is 21.2. The average Bonchev–Trinajstić information content (AvgIpc) is 2.38. The molecule has 1 aliphatic rings. The number of likely N-dealkylation sites (N-methyl/N-ethyl adjacent to an activating group) is 1. The highest BCUT2D eigenvalue weighted by Gasteiger charge is 2.23. The summed E-state index contributed by atoms with van der Waals surface area (Å²) in [6.07, 6.45) is 0.0544. The van der Waals surface area contributed by atoms with E-state index in [0.29, 0.717) is 0 Å². The fourth-order valence-electron chi connectivity index (χ4n) is 2.06. The van der Waals surface area contributed by atoms with Gasteiger partial charge in [-0.25, -0.2) is 0 Å². The van der Waals surface area contributed by atoms with Crippen molar-refractivity contribution in [2.24, 2.45) is 0 Å². The van der Waals surface area contributed by atoms with Gasteiger partial charge in [-0.05, 0) is 25.2 Å². The Balaban J connectivity index is 2.27. The van der Waals surface area contributed by atoms with E-state index in [2.05, 4.69) is 11.9 Å². The monoisotopic (exact) mass is 237 g/mol. The Morgan fingerprint density at radius 3 is 2.76 bits per heavy atom. The van der Waals surface area contributed by atoms with E-state index >= 15 is 0 Å². The van der Waals surface area contributed by atoms with E-state index < -0.39 is 0 Å². The first-order valence-electron chi connectivity index (χ1n) is 5.76. The third-order valence-electron chi connectivity index (χ3n) is 3.05. The quantitative estimate of drug-likeness (QED) is 0.800. The zero-order valence-corrected chi connectivity index (χ0v) is 10.6. The number of hydrogen-bond acceptors (Lipinski definition) is 4. The smallest absolute Gasteiger partial charge is 0.124 e. The first-order valence-corrected chi connectivity index (χ1v) is 5.76. The van der Waals surface area contributed by atoms with Crippen molar-refractivity contribution in [1.82, 2.24) is 4.90 Å². The van der Waals surface area contributed by atoms with E-state index in [1.54, 1.807) is 14.2 Å². The number of morpholine rings is 1. The van der Waals surface area contributed by atoms with Gasteiger partial charge in [0.25, 0.3) is 0 Å². The van der Waals surface area contributed by atoms with Crippen molar-refractivity contribution in [3.8, 4) is 11.5 Å². The SMILES string of the molecule is COc1ccc(OC)c([C@H]2CN(C)CCO2)c1. The van der Waals surface area contributed by atoms with Gasteiger partial charge in [-0.1, -0.05) is 0 Å². The van der Waals surface area contributed by atoms with Crippen molar-refractivity contribution in [2.45, 2.75) is 6.10 Å². The molecule has 0 N–H and O–H groups in total. The summed E-state index contributed by atoms with van der Waals surface area (Å²) in [4.78, 5) is 2.26. The van der Waals surface area contributed by atoms with Crippen molar-refractivity contribution >= 4 is 0 Å². The minimum absolute atomic E-state index is 0.0544. The highest BCUT2D eigenvalue weighted by molar-refractivity contribution is 5.42. The number of ether oxygens (including phenoxy) is 3. The predicted molar refractivity (Wildman–Crippen MR) is 65.7 cm³/mol. The molecule has 94 valence electrons. The molecule has 1 saturated heterocycles. The van der Waals surface area contributed by atoms with Crippen LogP contribution in [0.15, 0.2) is 18.2 Å². The van der Waals surface area contributed by atoms with Gasteiger partial charge in [-0.3, -0.25) is 0 Å². The number of rotatable bonds is 3. The molecule has 2 rings (SSSR count). The number of methoxy groups -OCH3 is 2. The standard InChI is InChI=1S/C13H19NO3/c1-14-6-7-17-13(9-14)11-8-10(15-2)4-5-12(11)16-3/h4-5,8,13H,6-7,9H2,1-3H3/t13-/m1/s1. The molecule has 17 heavy (non-hydrogen) atoms. The van der Waals surface area contributed by atoms with Gasteiger partial charge in [-0.15, -0.1) is 0 Å². The molecule has 4 heteroatoms. The zero-order valence-electron chi connectivity index (χ0n) is 10.6. The van der Waals surface area contributed by atoms with Crippen molar-refractivity contribution in [3.63, 3.8) is 0 Å². The molecular formula is C13H19NO3. The maximum atomic E-state index is 5.80. The second-order valence-electron chi connectivity index (χ2n) is 4.23. The van der Waals surface area contributed by atoms with Crippen LogP contribution in [0.5, 0.6) is 11.5 Å². The molecule has 1 atom stereocenters. The van der Waals surface area contributed by atoms with Gasteiger partial charge < -0.3 is 19.1 Å². The Hall–Kier alpha value is -1.26. The Morgan fingerprint density at radius 2 is 2.12 bits per heavy atom. The molecule has 0 bridgehead atoms. The van der Waals surface area contributed by atoms with Crippen molar-refractivity contribution in [1.29, 1.82) is 0 Å². The molecule has 0 radical (unpaired) electrons. The first-order chi connectivity index (χ1) is 8.24. The summed E-state index contributed by atoms with van der Waals surface area (Å²) in [6, 6.07) is 5.81. The lowest BCUT2D eigenvalue weighted by Crippen LogP contribution is -2.35. The molecule has 1 fully saturated rings. The van der Waals surface area contributed by atoms with Gasteiger partial charge in [-0.2, -0.15) is 0 Å². The molecule has 1 aromatic carbocycles. The molecular weight excluding hydrogens is 218 g/mol. The van der Waals surface area contributed by atoms with E-state index in [0.717, 1.165) is 36.8 Å². The Labute approximate surface area is 102 Å². The van der Waals surface area contributed by atoms with Crippen LogP contribution in [0.25, 0.3) is 0 Å².